The molecule has 1 aliphatic rings. The molecule has 0 fully saturated rings. The summed E-state index contributed by atoms with van der Waals surface area (Å²) in [6.07, 6.45) is 0.560. The van der Waals surface area contributed by atoms with Crippen molar-refractivity contribution in [3.63, 3.8) is 0 Å². The summed E-state index contributed by atoms with van der Waals surface area (Å²) in [5.74, 6) is 0. The van der Waals surface area contributed by atoms with E-state index >= 15 is 0 Å². The van der Waals surface area contributed by atoms with Crippen molar-refractivity contribution in [1.82, 2.24) is 0 Å². The number of anilines is 1. The third kappa shape index (κ3) is 2.06. The van der Waals surface area contributed by atoms with E-state index in [1.807, 2.05) is 18.2 Å². The Morgan fingerprint density at radius 1 is 1.60 bits per heavy atom. The van der Waals surface area contributed by atoms with Gasteiger partial charge in [-0.25, -0.2) is 0 Å². The lowest BCUT2D eigenvalue weighted by Crippen LogP contribution is -2.31. The van der Waals surface area contributed by atoms with Gasteiger partial charge in [-0.15, -0.1) is 11.8 Å². The summed E-state index contributed by atoms with van der Waals surface area (Å²) in [5, 5.41) is 13.1. The number of nitrogens with zero attached hydrogens (tertiary/aromatic N) is 1. The van der Waals surface area contributed by atoms with Crippen LogP contribution in [-0.2, 0) is 0 Å². The van der Waals surface area contributed by atoms with Gasteiger partial charge in [0.25, 0.3) is 0 Å². The summed E-state index contributed by atoms with van der Waals surface area (Å²) in [4.78, 5) is 1.14. The minimum atomic E-state index is 0.280. The van der Waals surface area contributed by atoms with Gasteiger partial charge in [-0.05, 0) is 19.1 Å². The molecule has 2 atom stereocenters. The smallest absolute Gasteiger partial charge is 0.0670 e. The highest BCUT2D eigenvalue weighted by Crippen LogP contribution is 2.42. The van der Waals surface area contributed by atoms with Gasteiger partial charge in [0.05, 0.1) is 16.8 Å². The van der Waals surface area contributed by atoms with Crippen LogP contribution in [0.1, 0.15) is 13.3 Å². The maximum absolute atomic E-state index is 8.72. The normalized spacial score (nSPS) is 23.8. The monoisotopic (exact) mass is 238 g/mol. The first-order valence-electron chi connectivity index (χ1n) is 4.81. The predicted octanol–water partition coefficient (Wildman–Crippen LogP) is 3.53. The molecule has 1 aromatic rings. The lowest BCUT2D eigenvalue weighted by molar-refractivity contribution is 0.730. The van der Waals surface area contributed by atoms with Crippen LogP contribution in [0.5, 0.6) is 0 Å². The maximum atomic E-state index is 8.72. The molecule has 2 nitrogen and oxygen atoms in total. The number of halogens is 1. The van der Waals surface area contributed by atoms with Crippen LogP contribution in [0.25, 0.3) is 0 Å². The summed E-state index contributed by atoms with van der Waals surface area (Å²) < 4.78 is 0. The van der Waals surface area contributed by atoms with Crippen molar-refractivity contribution in [2.45, 2.75) is 29.5 Å². The van der Waals surface area contributed by atoms with Crippen LogP contribution in [0.15, 0.2) is 23.1 Å². The van der Waals surface area contributed by atoms with Crippen molar-refractivity contribution in [3.05, 3.63) is 23.2 Å². The molecule has 2 unspecified atom stereocenters. The van der Waals surface area contributed by atoms with E-state index < -0.39 is 0 Å². The molecule has 0 aromatic heterocycles. The first kappa shape index (κ1) is 10.7. The SMILES string of the molecule is CC1Nc2c(Cl)cccc2SC1CC#N. The van der Waals surface area contributed by atoms with E-state index in [1.165, 1.54) is 0 Å². The number of thioether (sulfide) groups is 1. The Kier molecular flexibility index (Phi) is 3.08. The van der Waals surface area contributed by atoms with Crippen molar-refractivity contribution in [2.24, 2.45) is 0 Å². The molecule has 0 saturated carbocycles. The zero-order chi connectivity index (χ0) is 10.8. The quantitative estimate of drug-likeness (QED) is 0.813. The molecule has 0 amide bonds. The van der Waals surface area contributed by atoms with Gasteiger partial charge in [0.2, 0.25) is 0 Å². The number of nitriles is 1. The summed E-state index contributed by atoms with van der Waals surface area (Å²) in [6.45, 7) is 2.08. The number of rotatable bonds is 1. The number of hydrogen-bond donors (Lipinski definition) is 1. The number of para-hydroxylation sites is 1. The highest BCUT2D eigenvalue weighted by molar-refractivity contribution is 8.00. The zero-order valence-electron chi connectivity index (χ0n) is 8.33. The first-order valence-corrected chi connectivity index (χ1v) is 6.07. The van der Waals surface area contributed by atoms with Gasteiger partial charge >= 0.3 is 0 Å². The fourth-order valence-corrected chi connectivity index (χ4v) is 3.12. The molecule has 1 heterocycles. The van der Waals surface area contributed by atoms with Crippen LogP contribution in [0.4, 0.5) is 5.69 Å². The number of fused-ring (bicyclic) bond motifs is 1. The van der Waals surface area contributed by atoms with E-state index in [4.69, 9.17) is 16.9 Å². The Morgan fingerprint density at radius 2 is 2.40 bits per heavy atom. The lowest BCUT2D eigenvalue weighted by Gasteiger charge is -2.31. The topological polar surface area (TPSA) is 35.8 Å². The van der Waals surface area contributed by atoms with Gasteiger partial charge in [0.15, 0.2) is 0 Å². The van der Waals surface area contributed by atoms with Crippen molar-refractivity contribution in [2.75, 3.05) is 5.32 Å². The molecule has 0 spiro atoms. The highest BCUT2D eigenvalue weighted by Gasteiger charge is 2.26. The first-order chi connectivity index (χ1) is 7.22. The standard InChI is InChI=1S/C11H11ClN2S/c1-7-9(5-6-13)15-10-4-2-3-8(12)11(10)14-7/h2-4,7,9,14H,5H2,1H3. The van der Waals surface area contributed by atoms with E-state index in [2.05, 4.69) is 18.3 Å². The lowest BCUT2D eigenvalue weighted by atomic mass is 10.1. The Balaban J connectivity index is 2.30. The molecule has 78 valence electrons. The second-order valence-electron chi connectivity index (χ2n) is 3.56. The van der Waals surface area contributed by atoms with Crippen LogP contribution in [0.2, 0.25) is 5.02 Å². The van der Waals surface area contributed by atoms with Gasteiger partial charge in [-0.3, -0.25) is 0 Å². The summed E-state index contributed by atoms with van der Waals surface area (Å²) in [6, 6.07) is 8.36. The van der Waals surface area contributed by atoms with Crippen molar-refractivity contribution >= 4 is 29.1 Å². The Morgan fingerprint density at radius 3 is 3.13 bits per heavy atom. The molecule has 0 bridgehead atoms. The van der Waals surface area contributed by atoms with Crippen molar-refractivity contribution < 1.29 is 0 Å². The van der Waals surface area contributed by atoms with Crippen molar-refractivity contribution in [3.8, 4) is 6.07 Å². The van der Waals surface area contributed by atoms with Crippen LogP contribution in [0.3, 0.4) is 0 Å². The van der Waals surface area contributed by atoms with Gasteiger partial charge in [0.1, 0.15) is 0 Å². The number of hydrogen-bond acceptors (Lipinski definition) is 3. The fraction of sp³-hybridized carbons (Fsp3) is 0.364. The van der Waals surface area contributed by atoms with Crippen LogP contribution in [-0.4, -0.2) is 11.3 Å². The highest BCUT2D eigenvalue weighted by atomic mass is 35.5. The van der Waals surface area contributed by atoms with Crippen LogP contribution >= 0.6 is 23.4 Å². The Bertz CT molecular complexity index is 414. The molecule has 0 radical (unpaired) electrons. The van der Waals surface area contributed by atoms with Gasteiger partial charge < -0.3 is 5.32 Å². The van der Waals surface area contributed by atoms with E-state index in [0.29, 0.717) is 11.7 Å². The van der Waals surface area contributed by atoms with Crippen LogP contribution in [0, 0.1) is 11.3 Å². The summed E-state index contributed by atoms with van der Waals surface area (Å²) >= 11 is 7.83. The maximum Gasteiger partial charge on any atom is 0.0670 e. The minimum Gasteiger partial charge on any atom is -0.379 e. The van der Waals surface area contributed by atoms with E-state index in [0.717, 1.165) is 15.6 Å². The van der Waals surface area contributed by atoms with Gasteiger partial charge in [-0.2, -0.15) is 5.26 Å². The second-order valence-corrected chi connectivity index (χ2v) is 5.25. The van der Waals surface area contributed by atoms with E-state index in [1.54, 1.807) is 11.8 Å². The molecule has 2 rings (SSSR count). The molecule has 4 heteroatoms. The predicted molar refractivity (Wildman–Crippen MR) is 64.4 cm³/mol. The Labute approximate surface area is 98.6 Å². The third-order valence-corrected chi connectivity index (χ3v) is 4.26. The summed E-state index contributed by atoms with van der Waals surface area (Å²) in [7, 11) is 0. The minimum absolute atomic E-state index is 0.280. The fourth-order valence-electron chi connectivity index (χ4n) is 1.64. The molecule has 1 N–H and O–H groups in total. The van der Waals surface area contributed by atoms with Gasteiger partial charge in [-0.1, -0.05) is 17.7 Å². The number of benzene rings is 1. The van der Waals surface area contributed by atoms with E-state index in [-0.39, 0.29) is 6.04 Å². The Hall–Kier alpha value is -0.850. The molecule has 15 heavy (non-hydrogen) atoms. The molecular weight excluding hydrogens is 228 g/mol. The molecular formula is C11H11ClN2S. The van der Waals surface area contributed by atoms with Crippen LogP contribution < -0.4 is 5.32 Å². The number of nitrogens with one attached hydrogen (secondary N) is 1. The molecule has 0 saturated heterocycles. The van der Waals surface area contributed by atoms with Crippen molar-refractivity contribution in [1.29, 1.82) is 5.26 Å². The second kappa shape index (κ2) is 4.34. The van der Waals surface area contributed by atoms with E-state index in [9.17, 15) is 0 Å². The molecule has 1 aliphatic heterocycles. The zero-order valence-corrected chi connectivity index (χ0v) is 9.90. The average molecular weight is 239 g/mol. The summed E-state index contributed by atoms with van der Waals surface area (Å²) in [5.41, 5.74) is 1.01. The molecule has 0 aliphatic carbocycles. The average Bonchev–Trinajstić information content (AvgIpc) is 2.21. The third-order valence-electron chi connectivity index (χ3n) is 2.48. The molecule has 1 aromatic carbocycles. The van der Waals surface area contributed by atoms with Gasteiger partial charge in [0, 0.05) is 22.6 Å². The largest absolute Gasteiger partial charge is 0.379 e.